The number of rotatable bonds is 9. The molecule has 0 unspecified atom stereocenters. The normalized spacial score (nSPS) is 12.4. The van der Waals surface area contributed by atoms with Gasteiger partial charge >= 0.3 is 0 Å². The maximum absolute atomic E-state index is 2.41. The van der Waals surface area contributed by atoms with Gasteiger partial charge in [-0.15, -0.1) is 0 Å². The first-order valence-electron chi connectivity index (χ1n) is 21.2. The summed E-state index contributed by atoms with van der Waals surface area (Å²) in [5, 5.41) is 0. The van der Waals surface area contributed by atoms with Crippen LogP contribution >= 0.6 is 0 Å². The van der Waals surface area contributed by atoms with E-state index in [-0.39, 0.29) is 5.41 Å². The van der Waals surface area contributed by atoms with Crippen LogP contribution in [0.4, 0.5) is 28.4 Å². The minimum atomic E-state index is -0.108. The number of hydrogen-bond donors (Lipinski definition) is 0. The van der Waals surface area contributed by atoms with E-state index >= 15 is 0 Å². The van der Waals surface area contributed by atoms with Gasteiger partial charge in [-0.1, -0.05) is 172 Å². The first kappa shape index (κ1) is 37.8. The molecule has 294 valence electrons. The van der Waals surface area contributed by atoms with Crippen LogP contribution in [0.25, 0.3) is 55.6 Å². The van der Waals surface area contributed by atoms with Crippen LogP contribution in [0.1, 0.15) is 30.5 Å². The van der Waals surface area contributed by atoms with Crippen LogP contribution in [-0.4, -0.2) is 7.05 Å². The molecule has 1 aliphatic carbocycles. The molecule has 0 atom stereocenters. The summed E-state index contributed by atoms with van der Waals surface area (Å²) in [6.07, 6.45) is 0. The summed E-state index contributed by atoms with van der Waals surface area (Å²) in [7, 11) is 2.16. The van der Waals surface area contributed by atoms with Crippen LogP contribution in [0.15, 0.2) is 218 Å². The van der Waals surface area contributed by atoms with Crippen LogP contribution in [0.5, 0.6) is 0 Å². The second kappa shape index (κ2) is 15.6. The lowest BCUT2D eigenvalue weighted by Crippen LogP contribution is -2.16. The van der Waals surface area contributed by atoms with Crippen LogP contribution in [-0.2, 0) is 5.41 Å². The SMILES string of the molecule is Cc1cccc(N(C)c2ccc(-c3ccc(N(c4ccc(-c5ccc(-c6ccccc6)cc5)cc4)c4ccc5c(c4)C(C)(C)c4ccccc4-5)cc3)cc2-c2ccccc2)c1. The summed E-state index contributed by atoms with van der Waals surface area (Å²) in [6, 6.07) is 79.7. The Morgan fingerprint density at radius 1 is 0.328 bits per heavy atom. The Kier molecular flexibility index (Phi) is 9.70. The van der Waals surface area contributed by atoms with Crippen molar-refractivity contribution in [1.29, 1.82) is 0 Å². The van der Waals surface area contributed by atoms with Crippen molar-refractivity contribution in [2.75, 3.05) is 16.8 Å². The molecule has 0 N–H and O–H groups in total. The molecule has 0 heterocycles. The fourth-order valence-corrected chi connectivity index (χ4v) is 9.20. The molecule has 0 bridgehead atoms. The summed E-state index contributed by atoms with van der Waals surface area (Å²) >= 11 is 0. The minimum Gasteiger partial charge on any atom is -0.344 e. The molecule has 9 aromatic rings. The molecule has 0 saturated carbocycles. The Bertz CT molecular complexity index is 2980. The van der Waals surface area contributed by atoms with E-state index in [2.05, 4.69) is 256 Å². The third-order valence-corrected chi connectivity index (χ3v) is 12.6. The van der Waals surface area contributed by atoms with Gasteiger partial charge < -0.3 is 9.80 Å². The van der Waals surface area contributed by atoms with Gasteiger partial charge in [0.15, 0.2) is 0 Å². The van der Waals surface area contributed by atoms with E-state index < -0.39 is 0 Å². The molecule has 0 aromatic heterocycles. The number of fused-ring (bicyclic) bond motifs is 3. The Morgan fingerprint density at radius 2 is 0.820 bits per heavy atom. The maximum atomic E-state index is 2.41. The maximum Gasteiger partial charge on any atom is 0.0488 e. The molecule has 0 spiro atoms. The van der Waals surface area contributed by atoms with E-state index in [9.17, 15) is 0 Å². The van der Waals surface area contributed by atoms with E-state index in [1.54, 1.807) is 0 Å². The predicted molar refractivity (Wildman–Crippen MR) is 260 cm³/mol. The fourth-order valence-electron chi connectivity index (χ4n) is 9.20. The lowest BCUT2D eigenvalue weighted by Gasteiger charge is -2.28. The summed E-state index contributed by atoms with van der Waals surface area (Å²) in [4.78, 5) is 4.70. The molecule has 10 rings (SSSR count). The van der Waals surface area contributed by atoms with Crippen molar-refractivity contribution in [3.8, 4) is 55.6 Å². The van der Waals surface area contributed by atoms with Gasteiger partial charge in [0.1, 0.15) is 0 Å². The summed E-state index contributed by atoms with van der Waals surface area (Å²) < 4.78 is 0. The lowest BCUT2D eigenvalue weighted by molar-refractivity contribution is 0.660. The standard InChI is InChI=1S/C59H48N2/c1-41-14-13-19-51(38-41)60(4)58-37-30-48(39-55(58)47-17-9-6-10-18-47)46-28-33-50(34-29-46)61(52-35-36-54-53-20-11-12-21-56(53)59(2,3)57(54)40-52)49-31-26-45(27-32-49)44-24-22-43(23-25-44)42-15-7-5-8-16-42/h5-40H,1-4H3. The largest absolute Gasteiger partial charge is 0.344 e. The highest BCUT2D eigenvalue weighted by Crippen LogP contribution is 2.51. The van der Waals surface area contributed by atoms with Crippen molar-refractivity contribution in [2.45, 2.75) is 26.2 Å². The van der Waals surface area contributed by atoms with Gasteiger partial charge in [0, 0.05) is 46.5 Å². The molecule has 0 saturated heterocycles. The summed E-state index contributed by atoms with van der Waals surface area (Å²) in [5.41, 5.74) is 21.8. The van der Waals surface area contributed by atoms with E-state index in [0.29, 0.717) is 0 Å². The van der Waals surface area contributed by atoms with Crippen molar-refractivity contribution in [2.24, 2.45) is 0 Å². The zero-order chi connectivity index (χ0) is 41.5. The van der Waals surface area contributed by atoms with Crippen molar-refractivity contribution in [1.82, 2.24) is 0 Å². The zero-order valence-electron chi connectivity index (χ0n) is 35.2. The van der Waals surface area contributed by atoms with Crippen molar-refractivity contribution in [3.63, 3.8) is 0 Å². The van der Waals surface area contributed by atoms with Crippen LogP contribution in [0.3, 0.4) is 0 Å². The van der Waals surface area contributed by atoms with E-state index in [1.807, 2.05) is 0 Å². The average Bonchev–Trinajstić information content (AvgIpc) is 3.55. The second-order valence-electron chi connectivity index (χ2n) is 16.8. The van der Waals surface area contributed by atoms with Crippen LogP contribution in [0, 0.1) is 6.92 Å². The van der Waals surface area contributed by atoms with Crippen LogP contribution < -0.4 is 9.80 Å². The van der Waals surface area contributed by atoms with Gasteiger partial charge in [-0.3, -0.25) is 0 Å². The number of anilines is 5. The molecule has 2 heteroatoms. The molecular weight excluding hydrogens is 737 g/mol. The van der Waals surface area contributed by atoms with Crippen molar-refractivity contribution >= 4 is 28.4 Å². The Morgan fingerprint density at radius 3 is 1.44 bits per heavy atom. The number of aryl methyl sites for hydroxylation is 1. The molecule has 1 aliphatic rings. The first-order valence-corrected chi connectivity index (χ1v) is 21.2. The number of nitrogens with zero attached hydrogens (tertiary/aromatic N) is 2. The highest BCUT2D eigenvalue weighted by molar-refractivity contribution is 5.89. The molecule has 0 amide bonds. The molecular formula is C59H48N2. The first-order chi connectivity index (χ1) is 29.8. The molecule has 9 aromatic carbocycles. The quantitative estimate of drug-likeness (QED) is 0.144. The van der Waals surface area contributed by atoms with E-state index in [1.165, 1.54) is 83.7 Å². The highest BCUT2D eigenvalue weighted by Gasteiger charge is 2.35. The smallest absolute Gasteiger partial charge is 0.0488 e. The lowest BCUT2D eigenvalue weighted by atomic mass is 9.82. The van der Waals surface area contributed by atoms with Crippen molar-refractivity contribution < 1.29 is 0 Å². The van der Waals surface area contributed by atoms with Gasteiger partial charge in [-0.2, -0.15) is 0 Å². The highest BCUT2D eigenvalue weighted by atomic mass is 15.1. The number of benzene rings is 9. The zero-order valence-corrected chi connectivity index (χ0v) is 35.2. The molecule has 2 nitrogen and oxygen atoms in total. The Labute approximate surface area is 360 Å². The molecule has 0 fully saturated rings. The monoisotopic (exact) mass is 784 g/mol. The summed E-state index contributed by atoms with van der Waals surface area (Å²) in [5.74, 6) is 0. The molecule has 0 radical (unpaired) electrons. The van der Waals surface area contributed by atoms with E-state index in [0.717, 1.165) is 17.1 Å². The third-order valence-electron chi connectivity index (χ3n) is 12.6. The fraction of sp³-hybridized carbons (Fsp3) is 0.0847. The predicted octanol–water partition coefficient (Wildman–Crippen LogP) is 16.2. The second-order valence-corrected chi connectivity index (χ2v) is 16.8. The van der Waals surface area contributed by atoms with Gasteiger partial charge in [-0.05, 0) is 134 Å². The molecule has 61 heavy (non-hydrogen) atoms. The average molecular weight is 785 g/mol. The van der Waals surface area contributed by atoms with Crippen LogP contribution in [0.2, 0.25) is 0 Å². The van der Waals surface area contributed by atoms with Crippen molar-refractivity contribution in [3.05, 3.63) is 235 Å². The van der Waals surface area contributed by atoms with Gasteiger partial charge in [0.2, 0.25) is 0 Å². The Balaban J connectivity index is 1.03. The van der Waals surface area contributed by atoms with Gasteiger partial charge in [0.25, 0.3) is 0 Å². The number of hydrogen-bond acceptors (Lipinski definition) is 2. The topological polar surface area (TPSA) is 6.48 Å². The molecule has 0 aliphatic heterocycles. The summed E-state index contributed by atoms with van der Waals surface area (Å²) in [6.45, 7) is 6.85. The van der Waals surface area contributed by atoms with Gasteiger partial charge in [-0.25, -0.2) is 0 Å². The minimum absolute atomic E-state index is 0.108. The van der Waals surface area contributed by atoms with E-state index in [4.69, 9.17) is 0 Å². The third kappa shape index (κ3) is 7.11. The Hall–Kier alpha value is -7.42. The van der Waals surface area contributed by atoms with Gasteiger partial charge in [0.05, 0.1) is 0 Å².